The van der Waals surface area contributed by atoms with Crippen LogP contribution >= 0.6 is 0 Å². The van der Waals surface area contributed by atoms with E-state index < -0.39 is 0 Å². The summed E-state index contributed by atoms with van der Waals surface area (Å²) in [4.78, 5) is 38.1. The molecule has 0 saturated heterocycles. The van der Waals surface area contributed by atoms with Crippen LogP contribution in [0.25, 0.3) is 0 Å². The Labute approximate surface area is 179 Å². The van der Waals surface area contributed by atoms with E-state index in [0.717, 1.165) is 24.8 Å². The van der Waals surface area contributed by atoms with Crippen LogP contribution in [0.3, 0.4) is 0 Å². The van der Waals surface area contributed by atoms with E-state index in [1.807, 2.05) is 0 Å². The average molecular weight is 415 g/mol. The van der Waals surface area contributed by atoms with E-state index in [-0.39, 0.29) is 41.1 Å². The van der Waals surface area contributed by atoms with Crippen molar-refractivity contribution >= 4 is 17.8 Å². The van der Waals surface area contributed by atoms with E-state index in [1.54, 1.807) is 6.08 Å². The number of nitrogens with zero attached hydrogens (tertiary/aromatic N) is 2. The number of allylic oxidation sites excluding steroid dienone is 1. The maximum atomic E-state index is 12.7. The van der Waals surface area contributed by atoms with Gasteiger partial charge in [0, 0.05) is 38.8 Å². The van der Waals surface area contributed by atoms with Crippen LogP contribution in [0.5, 0.6) is 0 Å². The predicted molar refractivity (Wildman–Crippen MR) is 112 cm³/mol. The Hall–Kier alpha value is -2.16. The van der Waals surface area contributed by atoms with Crippen molar-refractivity contribution in [1.82, 2.24) is 4.90 Å². The van der Waals surface area contributed by atoms with Gasteiger partial charge in [0.2, 0.25) is 5.91 Å². The molecule has 2 saturated carbocycles. The first-order chi connectivity index (χ1) is 14.1. The molecule has 2 aliphatic carbocycles. The number of rotatable bonds is 3. The fourth-order valence-corrected chi connectivity index (χ4v) is 6.61. The van der Waals surface area contributed by atoms with E-state index >= 15 is 0 Å². The lowest BCUT2D eigenvalue weighted by Crippen LogP contribution is -2.57. The van der Waals surface area contributed by atoms with Crippen molar-refractivity contribution in [3.63, 3.8) is 0 Å². The fourth-order valence-electron chi connectivity index (χ4n) is 6.61. The molecule has 164 valence electrons. The van der Waals surface area contributed by atoms with Crippen molar-refractivity contribution in [3.05, 3.63) is 11.6 Å². The molecule has 1 aliphatic heterocycles. The zero-order valence-electron chi connectivity index (χ0n) is 18.8. The summed E-state index contributed by atoms with van der Waals surface area (Å²) in [5.41, 5.74) is 0.762. The Kier molecular flexibility index (Phi) is 6.40. The molecule has 0 aromatic carbocycles. The Morgan fingerprint density at radius 3 is 2.60 bits per heavy atom. The number of esters is 1. The molecule has 3 aliphatic rings. The highest BCUT2D eigenvalue weighted by Gasteiger charge is 2.58. The van der Waals surface area contributed by atoms with Gasteiger partial charge in [-0.05, 0) is 54.8 Å². The second-order valence-corrected chi connectivity index (χ2v) is 9.73. The SMILES string of the molecule is CC(=O)OC1C(C)C(C)C(CCC#N)C2CCC3=CC(=O)N(C(C)=O)CCC3(C)C21. The number of carbonyl (C=O) groups excluding carboxylic acids is 3. The molecule has 7 atom stereocenters. The van der Waals surface area contributed by atoms with Gasteiger partial charge in [0.15, 0.2) is 0 Å². The van der Waals surface area contributed by atoms with E-state index in [1.165, 1.54) is 18.7 Å². The summed E-state index contributed by atoms with van der Waals surface area (Å²) in [7, 11) is 0. The largest absolute Gasteiger partial charge is 0.462 e. The lowest BCUT2D eigenvalue weighted by molar-refractivity contribution is -0.176. The van der Waals surface area contributed by atoms with Gasteiger partial charge in [-0.3, -0.25) is 19.3 Å². The topological polar surface area (TPSA) is 87.5 Å². The Morgan fingerprint density at radius 2 is 2.00 bits per heavy atom. The average Bonchev–Trinajstić information content (AvgIpc) is 2.80. The Balaban J connectivity index is 2.06. The molecule has 0 bridgehead atoms. The molecular formula is C24H34N2O4. The minimum atomic E-state index is -0.317. The predicted octanol–water partition coefficient (Wildman–Crippen LogP) is 3.86. The molecular weight excluding hydrogens is 380 g/mol. The minimum absolute atomic E-state index is 0.0796. The molecule has 7 unspecified atom stereocenters. The number of amides is 2. The lowest BCUT2D eigenvalue weighted by Gasteiger charge is -2.58. The summed E-state index contributed by atoms with van der Waals surface area (Å²) < 4.78 is 5.96. The first-order valence-corrected chi connectivity index (χ1v) is 11.2. The normalized spacial score (nSPS) is 38.5. The molecule has 0 radical (unpaired) electrons. The maximum Gasteiger partial charge on any atom is 0.302 e. The van der Waals surface area contributed by atoms with Gasteiger partial charge in [-0.2, -0.15) is 5.26 Å². The van der Waals surface area contributed by atoms with Gasteiger partial charge in [-0.25, -0.2) is 0 Å². The standard InChI is InChI=1S/C24H34N2O4/c1-14-15(2)23(30-17(4)28)22-20(19(14)7-6-11-25)9-8-18-13-21(29)26(16(3)27)12-10-24(18,22)5/h13-15,19-20,22-23H,6-10,12H2,1-5H3. The summed E-state index contributed by atoms with van der Waals surface area (Å²) in [5, 5.41) is 9.20. The van der Waals surface area contributed by atoms with Gasteiger partial charge < -0.3 is 4.74 Å². The van der Waals surface area contributed by atoms with Crippen molar-refractivity contribution in [1.29, 1.82) is 5.26 Å². The van der Waals surface area contributed by atoms with Crippen LogP contribution in [0, 0.1) is 46.3 Å². The van der Waals surface area contributed by atoms with Gasteiger partial charge in [-0.1, -0.05) is 26.3 Å². The van der Waals surface area contributed by atoms with Crippen LogP contribution in [-0.4, -0.2) is 35.3 Å². The van der Waals surface area contributed by atoms with Crippen LogP contribution in [0.4, 0.5) is 0 Å². The number of fused-ring (bicyclic) bond motifs is 3. The van der Waals surface area contributed by atoms with Crippen LogP contribution < -0.4 is 0 Å². The van der Waals surface area contributed by atoms with Crippen molar-refractivity contribution in [2.45, 2.75) is 72.8 Å². The highest BCUT2D eigenvalue weighted by Crippen LogP contribution is 2.60. The quantitative estimate of drug-likeness (QED) is 0.654. The number of nitriles is 1. The van der Waals surface area contributed by atoms with Gasteiger partial charge in [-0.15, -0.1) is 0 Å². The number of hydrogen-bond acceptors (Lipinski definition) is 5. The van der Waals surface area contributed by atoms with E-state index in [0.29, 0.717) is 37.1 Å². The van der Waals surface area contributed by atoms with Gasteiger partial charge >= 0.3 is 5.97 Å². The minimum Gasteiger partial charge on any atom is -0.462 e. The summed E-state index contributed by atoms with van der Waals surface area (Å²) in [6.45, 7) is 9.84. The number of imide groups is 1. The zero-order chi connectivity index (χ0) is 22.2. The molecule has 1 heterocycles. The van der Waals surface area contributed by atoms with Gasteiger partial charge in [0.25, 0.3) is 5.91 Å². The number of hydrogen-bond donors (Lipinski definition) is 0. The third-order valence-electron chi connectivity index (χ3n) is 8.29. The van der Waals surface area contributed by atoms with Crippen LogP contribution in [0.15, 0.2) is 11.6 Å². The van der Waals surface area contributed by atoms with Crippen LogP contribution in [0.1, 0.15) is 66.7 Å². The molecule has 2 amide bonds. The molecule has 6 nitrogen and oxygen atoms in total. The van der Waals surface area contributed by atoms with Crippen LogP contribution in [0.2, 0.25) is 0 Å². The fraction of sp³-hybridized carbons (Fsp3) is 0.750. The summed E-state index contributed by atoms with van der Waals surface area (Å²) in [6, 6.07) is 2.30. The monoisotopic (exact) mass is 414 g/mol. The molecule has 0 N–H and O–H groups in total. The summed E-state index contributed by atoms with van der Waals surface area (Å²) >= 11 is 0. The smallest absolute Gasteiger partial charge is 0.302 e. The van der Waals surface area contributed by atoms with E-state index in [4.69, 9.17) is 4.74 Å². The Morgan fingerprint density at radius 1 is 1.30 bits per heavy atom. The van der Waals surface area contributed by atoms with E-state index in [2.05, 4.69) is 26.8 Å². The number of ether oxygens (including phenoxy) is 1. The zero-order valence-corrected chi connectivity index (χ0v) is 18.8. The second-order valence-electron chi connectivity index (χ2n) is 9.73. The summed E-state index contributed by atoms with van der Waals surface area (Å²) in [5.74, 6) is 0.565. The molecule has 0 aromatic rings. The van der Waals surface area contributed by atoms with Gasteiger partial charge in [0.05, 0.1) is 6.07 Å². The second kappa shape index (κ2) is 8.53. The first kappa shape index (κ1) is 22.5. The van der Waals surface area contributed by atoms with Crippen molar-refractivity contribution in [3.8, 4) is 6.07 Å². The highest BCUT2D eigenvalue weighted by molar-refractivity contribution is 6.00. The molecule has 3 rings (SSSR count). The lowest BCUT2D eigenvalue weighted by atomic mass is 9.47. The first-order valence-electron chi connectivity index (χ1n) is 11.2. The molecule has 2 fully saturated rings. The third kappa shape index (κ3) is 3.79. The highest BCUT2D eigenvalue weighted by atomic mass is 16.5. The van der Waals surface area contributed by atoms with Crippen molar-refractivity contribution in [2.75, 3.05) is 6.54 Å². The number of carbonyl (C=O) groups is 3. The van der Waals surface area contributed by atoms with Crippen LogP contribution in [-0.2, 0) is 19.1 Å². The van der Waals surface area contributed by atoms with Crippen molar-refractivity contribution < 1.29 is 19.1 Å². The van der Waals surface area contributed by atoms with Crippen molar-refractivity contribution in [2.24, 2.45) is 35.0 Å². The molecule has 0 spiro atoms. The molecule has 6 heteroatoms. The summed E-state index contributed by atoms with van der Waals surface area (Å²) in [6.07, 6.45) is 5.23. The maximum absolute atomic E-state index is 12.7. The molecule has 30 heavy (non-hydrogen) atoms. The third-order valence-corrected chi connectivity index (χ3v) is 8.29. The Bertz CT molecular complexity index is 798. The van der Waals surface area contributed by atoms with E-state index in [9.17, 15) is 19.6 Å². The van der Waals surface area contributed by atoms with Gasteiger partial charge in [0.1, 0.15) is 6.10 Å². The molecule has 0 aromatic heterocycles.